The maximum Gasteiger partial charge on any atom is 0.246 e. The number of hydrogen-bond donors (Lipinski definition) is 3. The number of nitrogen functional groups attached to an aromatic ring is 1. The summed E-state index contributed by atoms with van der Waals surface area (Å²) in [5.74, 6) is -0.396. The van der Waals surface area contributed by atoms with Gasteiger partial charge in [0.25, 0.3) is 0 Å². The lowest BCUT2D eigenvalue weighted by molar-refractivity contribution is -0.126. The van der Waals surface area contributed by atoms with Gasteiger partial charge >= 0.3 is 0 Å². The van der Waals surface area contributed by atoms with E-state index in [2.05, 4.69) is 27.2 Å². The molecule has 146 valence electrons. The van der Waals surface area contributed by atoms with Crippen molar-refractivity contribution in [3.8, 4) is 0 Å². The number of carbonyl (C=O) groups is 1. The molecule has 0 bridgehead atoms. The third kappa shape index (κ3) is 4.01. The Bertz CT molecular complexity index is 1100. The van der Waals surface area contributed by atoms with E-state index in [1.807, 2.05) is 18.2 Å². The molecule has 0 saturated carbocycles. The Morgan fingerprint density at radius 3 is 2.72 bits per heavy atom. The van der Waals surface area contributed by atoms with Crippen LogP contribution in [0.2, 0.25) is 0 Å². The minimum atomic E-state index is -0.578. The number of amides is 1. The zero-order valence-corrected chi connectivity index (χ0v) is 15.5. The first-order valence-corrected chi connectivity index (χ1v) is 8.97. The highest BCUT2D eigenvalue weighted by Gasteiger charge is 2.21. The molecule has 1 aliphatic rings. The summed E-state index contributed by atoms with van der Waals surface area (Å²) in [5, 5.41) is 5.99. The highest BCUT2D eigenvalue weighted by molar-refractivity contribution is 5.87. The van der Waals surface area contributed by atoms with Crippen LogP contribution < -0.4 is 16.4 Å². The number of benzene rings is 2. The number of halogens is 1. The van der Waals surface area contributed by atoms with Crippen LogP contribution in [0.1, 0.15) is 11.1 Å². The lowest BCUT2D eigenvalue weighted by Gasteiger charge is -2.11. The Balaban J connectivity index is 1.52. The summed E-state index contributed by atoms with van der Waals surface area (Å²) in [6.07, 6.45) is 2.41. The van der Waals surface area contributed by atoms with E-state index in [-0.39, 0.29) is 17.7 Å². The van der Waals surface area contributed by atoms with Crippen molar-refractivity contribution < 1.29 is 9.18 Å². The predicted octanol–water partition coefficient (Wildman–Crippen LogP) is 3.71. The number of fused-ring (bicyclic) bond motifs is 1. The fraction of sp³-hybridized carbons (Fsp3) is 0.0952. The van der Waals surface area contributed by atoms with Gasteiger partial charge in [-0.3, -0.25) is 4.79 Å². The van der Waals surface area contributed by atoms with Crippen molar-refractivity contribution in [1.82, 2.24) is 14.9 Å². The number of nitrogens with two attached hydrogens (primary N) is 1. The van der Waals surface area contributed by atoms with E-state index >= 15 is 0 Å². The number of carbonyl (C=O) groups excluding carboxylic acids is 1. The van der Waals surface area contributed by atoms with Crippen molar-refractivity contribution in [1.29, 1.82) is 0 Å². The fourth-order valence-corrected chi connectivity index (χ4v) is 3.15. The average Bonchev–Trinajstić information content (AvgIpc) is 3.13. The molecule has 2 heterocycles. The van der Waals surface area contributed by atoms with E-state index in [1.54, 1.807) is 29.2 Å². The molecule has 0 fully saturated rings. The average molecular weight is 390 g/mol. The van der Waals surface area contributed by atoms with E-state index in [4.69, 9.17) is 5.73 Å². The van der Waals surface area contributed by atoms with E-state index in [0.29, 0.717) is 24.5 Å². The quantitative estimate of drug-likeness (QED) is 0.454. The molecule has 0 radical (unpaired) electrons. The molecule has 0 aliphatic carbocycles. The summed E-state index contributed by atoms with van der Waals surface area (Å²) >= 11 is 0. The van der Waals surface area contributed by atoms with Gasteiger partial charge in [-0.2, -0.15) is 4.98 Å². The van der Waals surface area contributed by atoms with Gasteiger partial charge in [0, 0.05) is 30.2 Å². The molecule has 29 heavy (non-hydrogen) atoms. The minimum absolute atomic E-state index is 0.0389. The summed E-state index contributed by atoms with van der Waals surface area (Å²) in [6, 6.07) is 12.7. The normalized spacial score (nSPS) is 12.4. The standard InChI is InChI=1S/C21H19FN6O/c1-2-19(29)28-11-13-6-7-17(8-14(13)12-28)26-21-24-10-18(22)20(27-21)25-16-5-3-4-15(23)9-16/h2-10H,1,11-12,23H2,(H2,24,25,26,27). The number of rotatable bonds is 5. The Hall–Kier alpha value is -3.94. The topological polar surface area (TPSA) is 96.2 Å². The number of hydrogen-bond acceptors (Lipinski definition) is 6. The lowest BCUT2D eigenvalue weighted by Crippen LogP contribution is -2.22. The molecule has 1 amide bonds. The molecule has 0 spiro atoms. The van der Waals surface area contributed by atoms with Crippen LogP contribution >= 0.6 is 0 Å². The Kier molecular flexibility index (Phi) is 4.82. The van der Waals surface area contributed by atoms with Gasteiger partial charge in [0.2, 0.25) is 11.9 Å². The van der Waals surface area contributed by atoms with Crippen LogP contribution in [0.3, 0.4) is 0 Å². The zero-order chi connectivity index (χ0) is 20.4. The molecule has 1 aliphatic heterocycles. The first kappa shape index (κ1) is 18.4. The maximum absolute atomic E-state index is 14.1. The molecule has 4 rings (SSSR count). The van der Waals surface area contributed by atoms with Gasteiger partial charge < -0.3 is 21.3 Å². The van der Waals surface area contributed by atoms with Gasteiger partial charge in [-0.1, -0.05) is 18.7 Å². The van der Waals surface area contributed by atoms with Crippen LogP contribution in [0.4, 0.5) is 33.2 Å². The van der Waals surface area contributed by atoms with Gasteiger partial charge in [0.15, 0.2) is 11.6 Å². The zero-order valence-electron chi connectivity index (χ0n) is 15.5. The molecule has 7 nitrogen and oxygen atoms in total. The van der Waals surface area contributed by atoms with Crippen LogP contribution in [0.5, 0.6) is 0 Å². The van der Waals surface area contributed by atoms with Crippen LogP contribution in [0.25, 0.3) is 0 Å². The summed E-state index contributed by atoms with van der Waals surface area (Å²) in [4.78, 5) is 21.8. The van der Waals surface area contributed by atoms with Crippen LogP contribution in [-0.2, 0) is 17.9 Å². The smallest absolute Gasteiger partial charge is 0.246 e. The van der Waals surface area contributed by atoms with Gasteiger partial charge in [-0.25, -0.2) is 9.37 Å². The Labute approximate surface area is 167 Å². The summed E-state index contributed by atoms with van der Waals surface area (Å²) in [5.41, 5.74) is 9.80. The van der Waals surface area contributed by atoms with Gasteiger partial charge in [-0.05, 0) is 47.5 Å². The molecule has 0 saturated heterocycles. The largest absolute Gasteiger partial charge is 0.399 e. The van der Waals surface area contributed by atoms with Crippen molar-refractivity contribution in [2.75, 3.05) is 16.4 Å². The Morgan fingerprint density at radius 2 is 1.93 bits per heavy atom. The van der Waals surface area contributed by atoms with Gasteiger partial charge in [0.05, 0.1) is 6.20 Å². The molecule has 3 aromatic rings. The Morgan fingerprint density at radius 1 is 1.14 bits per heavy atom. The summed E-state index contributed by atoms with van der Waals surface area (Å²) < 4.78 is 14.1. The minimum Gasteiger partial charge on any atom is -0.399 e. The second-order valence-electron chi connectivity index (χ2n) is 6.65. The second kappa shape index (κ2) is 7.59. The molecule has 8 heteroatoms. The summed E-state index contributed by atoms with van der Waals surface area (Å²) in [7, 11) is 0. The van der Waals surface area contributed by atoms with E-state index in [1.165, 1.54) is 6.08 Å². The molecule has 0 unspecified atom stereocenters. The molecule has 0 atom stereocenters. The number of nitrogens with zero attached hydrogens (tertiary/aromatic N) is 3. The molecular weight excluding hydrogens is 371 g/mol. The van der Waals surface area contributed by atoms with Crippen LogP contribution in [0.15, 0.2) is 61.3 Å². The molecule has 1 aromatic heterocycles. The number of aromatic nitrogens is 2. The molecular formula is C21H19FN6O. The van der Waals surface area contributed by atoms with Crippen molar-refractivity contribution >= 4 is 34.7 Å². The molecule has 4 N–H and O–H groups in total. The summed E-state index contributed by atoms with van der Waals surface area (Å²) in [6.45, 7) is 4.60. The van der Waals surface area contributed by atoms with E-state index in [9.17, 15) is 9.18 Å². The first-order valence-electron chi connectivity index (χ1n) is 8.97. The van der Waals surface area contributed by atoms with Crippen LogP contribution in [0, 0.1) is 5.82 Å². The fourth-order valence-electron chi connectivity index (χ4n) is 3.15. The van der Waals surface area contributed by atoms with Gasteiger partial charge in [-0.15, -0.1) is 0 Å². The van der Waals surface area contributed by atoms with Crippen molar-refractivity contribution in [2.24, 2.45) is 0 Å². The second-order valence-corrected chi connectivity index (χ2v) is 6.65. The third-order valence-electron chi connectivity index (χ3n) is 4.56. The van der Waals surface area contributed by atoms with Gasteiger partial charge in [0.1, 0.15) is 0 Å². The highest BCUT2D eigenvalue weighted by Crippen LogP contribution is 2.27. The number of anilines is 5. The monoisotopic (exact) mass is 390 g/mol. The van der Waals surface area contributed by atoms with Crippen molar-refractivity contribution in [3.63, 3.8) is 0 Å². The highest BCUT2D eigenvalue weighted by atomic mass is 19.1. The first-order chi connectivity index (χ1) is 14.0. The predicted molar refractivity (Wildman–Crippen MR) is 110 cm³/mol. The number of nitrogens with one attached hydrogen (secondary N) is 2. The SMILES string of the molecule is C=CC(=O)N1Cc2ccc(Nc3ncc(F)c(Nc4cccc(N)c4)n3)cc2C1. The third-order valence-corrected chi connectivity index (χ3v) is 4.56. The lowest BCUT2D eigenvalue weighted by atomic mass is 10.1. The maximum atomic E-state index is 14.1. The van der Waals surface area contributed by atoms with E-state index < -0.39 is 5.82 Å². The molecule has 2 aromatic carbocycles. The van der Waals surface area contributed by atoms with Crippen molar-refractivity contribution in [3.05, 3.63) is 78.3 Å². The van der Waals surface area contributed by atoms with Crippen molar-refractivity contribution in [2.45, 2.75) is 13.1 Å². The van der Waals surface area contributed by atoms with Crippen LogP contribution in [-0.4, -0.2) is 20.8 Å². The van der Waals surface area contributed by atoms with E-state index in [0.717, 1.165) is 23.0 Å².